The van der Waals surface area contributed by atoms with E-state index in [1.165, 1.54) is 30.1 Å². The van der Waals surface area contributed by atoms with E-state index < -0.39 is 10.5 Å². The van der Waals surface area contributed by atoms with Crippen LogP contribution in [0.4, 0.5) is 5.69 Å². The van der Waals surface area contributed by atoms with Crippen LogP contribution in [0.15, 0.2) is 64.8 Å². The minimum absolute atomic E-state index is 0.0116. The first-order valence-electron chi connectivity index (χ1n) is 8.68. The Kier molecular flexibility index (Phi) is 5.60. The average Bonchev–Trinajstić information content (AvgIpc) is 2.99. The van der Waals surface area contributed by atoms with E-state index in [1.54, 1.807) is 17.0 Å². The van der Waals surface area contributed by atoms with Gasteiger partial charge in [-0.25, -0.2) is 0 Å². The third-order valence-corrected chi connectivity index (χ3v) is 5.25. The molecule has 1 aliphatic heterocycles. The molecule has 2 aromatic carbocycles. The first-order chi connectivity index (χ1) is 13.3. The topological polar surface area (TPSA) is 88.2 Å². The van der Waals surface area contributed by atoms with Gasteiger partial charge in [0.25, 0.3) is 5.69 Å². The number of carbonyl (C=O) groups is 1. The molecule has 0 spiro atoms. The molecule has 1 saturated heterocycles. The van der Waals surface area contributed by atoms with Gasteiger partial charge >= 0.3 is 0 Å². The Morgan fingerprint density at radius 3 is 2.50 bits per heavy atom. The van der Waals surface area contributed by atoms with Crippen molar-refractivity contribution in [2.24, 2.45) is 10.2 Å². The van der Waals surface area contributed by atoms with Crippen molar-refractivity contribution in [1.82, 2.24) is 4.90 Å². The summed E-state index contributed by atoms with van der Waals surface area (Å²) in [7, 11) is 0. The van der Waals surface area contributed by atoms with Gasteiger partial charge in [0.05, 0.1) is 11.1 Å². The maximum atomic E-state index is 13.0. The van der Waals surface area contributed by atoms with Crippen LogP contribution in [0, 0.1) is 10.1 Å². The van der Waals surface area contributed by atoms with Crippen LogP contribution in [0.1, 0.15) is 37.1 Å². The molecule has 144 valence electrons. The molecule has 8 heteroatoms. The van der Waals surface area contributed by atoms with Gasteiger partial charge in [0.15, 0.2) is 5.17 Å². The summed E-state index contributed by atoms with van der Waals surface area (Å²) in [5, 5.41) is 19.3. The number of nitro benzene ring substituents is 1. The molecule has 3 rings (SSSR count). The molecule has 1 fully saturated rings. The third-order valence-electron chi connectivity index (χ3n) is 4.06. The minimum Gasteiger partial charge on any atom is -0.283 e. The van der Waals surface area contributed by atoms with Crippen molar-refractivity contribution in [3.8, 4) is 0 Å². The number of amides is 1. The van der Waals surface area contributed by atoms with Crippen LogP contribution in [0.25, 0.3) is 0 Å². The van der Waals surface area contributed by atoms with Gasteiger partial charge in [0, 0.05) is 23.2 Å². The standard InChI is InChI=1S/C20H20N4O3S/c1-20(2,3)23-18(25)17(15-9-5-4-6-10-15)28-19(23)22-21-13-14-8-7-11-16(12-14)24(26)27/h4-13,17H,1-3H3/t17-/m0/s1. The molecule has 0 N–H and O–H groups in total. The van der Waals surface area contributed by atoms with Crippen LogP contribution in [-0.2, 0) is 4.79 Å². The molecule has 0 aromatic heterocycles. The fraction of sp³-hybridized carbons (Fsp3) is 0.250. The molecule has 0 aliphatic carbocycles. The second kappa shape index (κ2) is 7.93. The average molecular weight is 396 g/mol. The van der Waals surface area contributed by atoms with Gasteiger partial charge in [0.2, 0.25) is 5.91 Å². The summed E-state index contributed by atoms with van der Waals surface area (Å²) in [5.74, 6) is -0.0343. The summed E-state index contributed by atoms with van der Waals surface area (Å²) in [4.78, 5) is 25.1. The van der Waals surface area contributed by atoms with Crippen LogP contribution in [0.5, 0.6) is 0 Å². The Bertz CT molecular complexity index is 951. The second-order valence-electron chi connectivity index (χ2n) is 7.23. The van der Waals surface area contributed by atoms with Gasteiger partial charge in [-0.3, -0.25) is 19.8 Å². The highest BCUT2D eigenvalue weighted by atomic mass is 32.2. The van der Waals surface area contributed by atoms with Crippen molar-refractivity contribution in [2.45, 2.75) is 31.6 Å². The Labute approximate surface area is 167 Å². The van der Waals surface area contributed by atoms with Gasteiger partial charge in [0.1, 0.15) is 5.25 Å². The predicted molar refractivity (Wildman–Crippen MR) is 111 cm³/mol. The van der Waals surface area contributed by atoms with Crippen LogP contribution >= 0.6 is 11.8 Å². The van der Waals surface area contributed by atoms with Crippen molar-refractivity contribution in [3.05, 3.63) is 75.8 Å². The van der Waals surface area contributed by atoms with E-state index in [0.717, 1.165) is 5.56 Å². The number of amidine groups is 1. The van der Waals surface area contributed by atoms with Gasteiger partial charge < -0.3 is 0 Å². The summed E-state index contributed by atoms with van der Waals surface area (Å²) >= 11 is 1.35. The number of hydrogen-bond donors (Lipinski definition) is 0. The molecular weight excluding hydrogens is 376 g/mol. The van der Waals surface area contributed by atoms with Gasteiger partial charge in [-0.05, 0) is 26.3 Å². The first-order valence-corrected chi connectivity index (χ1v) is 9.56. The fourth-order valence-corrected chi connectivity index (χ4v) is 4.08. The predicted octanol–water partition coefficient (Wildman–Crippen LogP) is 4.40. The molecule has 0 radical (unpaired) electrons. The Morgan fingerprint density at radius 2 is 1.86 bits per heavy atom. The normalized spacial score (nSPS) is 19.0. The molecule has 7 nitrogen and oxygen atoms in total. The number of nitrogens with zero attached hydrogens (tertiary/aromatic N) is 4. The highest BCUT2D eigenvalue weighted by molar-refractivity contribution is 8.15. The van der Waals surface area contributed by atoms with Crippen LogP contribution in [-0.4, -0.2) is 32.7 Å². The quantitative estimate of drug-likeness (QED) is 0.435. The van der Waals surface area contributed by atoms with E-state index in [2.05, 4.69) is 10.2 Å². The number of carbonyl (C=O) groups excluding carboxylic acids is 1. The zero-order chi connectivity index (χ0) is 20.3. The lowest BCUT2D eigenvalue weighted by Crippen LogP contribution is -2.45. The molecule has 0 saturated carbocycles. The monoisotopic (exact) mass is 396 g/mol. The van der Waals surface area contributed by atoms with Crippen molar-refractivity contribution < 1.29 is 9.72 Å². The van der Waals surface area contributed by atoms with Crippen molar-refractivity contribution >= 4 is 34.7 Å². The number of thioether (sulfide) groups is 1. The second-order valence-corrected chi connectivity index (χ2v) is 8.30. The molecule has 1 amide bonds. The fourth-order valence-electron chi connectivity index (χ4n) is 2.81. The maximum absolute atomic E-state index is 13.0. The Balaban J connectivity index is 1.89. The van der Waals surface area contributed by atoms with E-state index in [0.29, 0.717) is 10.7 Å². The Morgan fingerprint density at radius 1 is 1.14 bits per heavy atom. The number of non-ortho nitro benzene ring substituents is 1. The van der Waals surface area contributed by atoms with E-state index >= 15 is 0 Å². The lowest BCUT2D eigenvalue weighted by molar-refractivity contribution is -0.384. The van der Waals surface area contributed by atoms with Gasteiger partial charge in [-0.2, -0.15) is 5.10 Å². The number of hydrogen-bond acceptors (Lipinski definition) is 6. The van der Waals surface area contributed by atoms with E-state index in [9.17, 15) is 14.9 Å². The molecule has 0 bridgehead atoms. The molecule has 2 aromatic rings. The summed E-state index contributed by atoms with van der Waals surface area (Å²) in [6.45, 7) is 5.83. The summed E-state index contributed by atoms with van der Waals surface area (Å²) < 4.78 is 0. The first kappa shape index (κ1) is 19.8. The number of benzene rings is 2. The van der Waals surface area contributed by atoms with Crippen LogP contribution < -0.4 is 0 Å². The zero-order valence-corrected chi connectivity index (χ0v) is 16.6. The number of rotatable bonds is 4. The Hall–Kier alpha value is -3.00. The highest BCUT2D eigenvalue weighted by Gasteiger charge is 2.44. The molecule has 28 heavy (non-hydrogen) atoms. The van der Waals surface area contributed by atoms with Crippen LogP contribution in [0.3, 0.4) is 0 Å². The summed E-state index contributed by atoms with van der Waals surface area (Å²) in [6, 6.07) is 15.7. The smallest absolute Gasteiger partial charge is 0.270 e. The van der Waals surface area contributed by atoms with Crippen LogP contribution in [0.2, 0.25) is 0 Å². The van der Waals surface area contributed by atoms with Gasteiger partial charge in [-0.15, -0.1) is 5.10 Å². The molecular formula is C20H20N4O3S. The van der Waals surface area contributed by atoms with E-state index in [4.69, 9.17) is 0 Å². The van der Waals surface area contributed by atoms with E-state index in [-0.39, 0.29) is 16.8 Å². The van der Waals surface area contributed by atoms with Crippen molar-refractivity contribution in [3.63, 3.8) is 0 Å². The highest BCUT2D eigenvalue weighted by Crippen LogP contribution is 2.42. The van der Waals surface area contributed by atoms with E-state index in [1.807, 2.05) is 51.1 Å². The molecule has 1 atom stereocenters. The van der Waals surface area contributed by atoms with Crippen molar-refractivity contribution in [1.29, 1.82) is 0 Å². The number of nitro groups is 1. The van der Waals surface area contributed by atoms with Crippen molar-refractivity contribution in [2.75, 3.05) is 0 Å². The molecule has 0 unspecified atom stereocenters. The zero-order valence-electron chi connectivity index (χ0n) is 15.8. The molecule has 1 aliphatic rings. The lowest BCUT2D eigenvalue weighted by Gasteiger charge is -2.30. The third kappa shape index (κ3) is 4.28. The molecule has 1 heterocycles. The maximum Gasteiger partial charge on any atom is 0.270 e. The van der Waals surface area contributed by atoms with Gasteiger partial charge in [-0.1, -0.05) is 54.2 Å². The minimum atomic E-state index is -0.458. The summed E-state index contributed by atoms with van der Waals surface area (Å²) in [5.41, 5.74) is 1.02. The largest absolute Gasteiger partial charge is 0.283 e. The summed E-state index contributed by atoms with van der Waals surface area (Å²) in [6.07, 6.45) is 1.45. The SMILES string of the molecule is CC(C)(C)N1C(=O)[C@H](c2ccccc2)SC1=NN=Cc1cccc([N+](=O)[O-])c1. The lowest BCUT2D eigenvalue weighted by atomic mass is 10.0.